The summed E-state index contributed by atoms with van der Waals surface area (Å²) in [6, 6.07) is 9.99. The first-order chi connectivity index (χ1) is 24.0. The molecular formula is C47H58O4. The van der Waals surface area contributed by atoms with Gasteiger partial charge >= 0.3 is 0 Å². The van der Waals surface area contributed by atoms with Gasteiger partial charge in [-0.3, -0.25) is 14.4 Å². The Morgan fingerprint density at radius 3 is 1.86 bits per heavy atom. The normalized spacial score (nSPS) is 24.1. The van der Waals surface area contributed by atoms with E-state index in [0.29, 0.717) is 19.4 Å². The van der Waals surface area contributed by atoms with E-state index < -0.39 is 6.10 Å². The summed E-state index contributed by atoms with van der Waals surface area (Å²) >= 11 is 0. The Bertz CT molecular complexity index is 1740. The number of allylic oxidation sites excluding steroid dienone is 19. The number of Topliss-reactive ketones (excluding diaryl/α,β-unsaturated/α-hetero) is 3. The molecule has 2 aliphatic carbocycles. The van der Waals surface area contributed by atoms with Crippen LogP contribution in [0.2, 0.25) is 0 Å². The van der Waals surface area contributed by atoms with E-state index in [-0.39, 0.29) is 40.0 Å². The van der Waals surface area contributed by atoms with Gasteiger partial charge < -0.3 is 4.74 Å². The number of ketones is 3. The molecule has 4 heteroatoms. The maximum Gasteiger partial charge on any atom is 0.201 e. The molecule has 1 aromatic carbocycles. The van der Waals surface area contributed by atoms with E-state index in [4.69, 9.17) is 4.74 Å². The highest BCUT2D eigenvalue weighted by Gasteiger charge is 2.44. The monoisotopic (exact) mass is 686 g/mol. The second-order valence-electron chi connectivity index (χ2n) is 15.5. The van der Waals surface area contributed by atoms with E-state index in [0.717, 1.165) is 39.0 Å². The predicted molar refractivity (Wildman–Crippen MR) is 213 cm³/mol. The molecule has 1 fully saturated rings. The summed E-state index contributed by atoms with van der Waals surface area (Å²) in [5.74, 6) is -0.661. The van der Waals surface area contributed by atoms with Gasteiger partial charge in [0.1, 0.15) is 6.10 Å². The van der Waals surface area contributed by atoms with Crippen molar-refractivity contribution >= 4 is 17.3 Å². The van der Waals surface area contributed by atoms with Gasteiger partial charge in [-0.25, -0.2) is 0 Å². The second-order valence-corrected chi connectivity index (χ2v) is 15.5. The fourth-order valence-corrected chi connectivity index (χ4v) is 6.75. The first-order valence-electron chi connectivity index (χ1n) is 18.1. The summed E-state index contributed by atoms with van der Waals surface area (Å²) in [4.78, 5) is 37.4. The molecule has 0 radical (unpaired) electrons. The zero-order chi connectivity index (χ0) is 37.8. The van der Waals surface area contributed by atoms with Gasteiger partial charge in [-0.2, -0.15) is 0 Å². The van der Waals surface area contributed by atoms with E-state index in [1.165, 1.54) is 0 Å². The molecule has 0 saturated heterocycles. The van der Waals surface area contributed by atoms with Crippen molar-refractivity contribution in [1.29, 1.82) is 0 Å². The van der Waals surface area contributed by atoms with Gasteiger partial charge in [0, 0.05) is 12.3 Å². The lowest BCUT2D eigenvalue weighted by atomic mass is 9.63. The smallest absolute Gasteiger partial charge is 0.201 e. The van der Waals surface area contributed by atoms with Gasteiger partial charge in [0.05, 0.1) is 6.61 Å². The van der Waals surface area contributed by atoms with Crippen molar-refractivity contribution in [3.63, 3.8) is 0 Å². The minimum absolute atomic E-state index is 0.0416. The lowest BCUT2D eigenvalue weighted by molar-refractivity contribution is -0.145. The molecule has 1 aromatic rings. The molecular weight excluding hydrogens is 629 g/mol. The largest absolute Gasteiger partial charge is 0.365 e. The third kappa shape index (κ3) is 12.4. The predicted octanol–water partition coefficient (Wildman–Crippen LogP) is 11.3. The highest BCUT2D eigenvalue weighted by Crippen LogP contribution is 2.42. The highest BCUT2D eigenvalue weighted by atomic mass is 16.5. The maximum atomic E-state index is 13.2. The zero-order valence-corrected chi connectivity index (χ0v) is 32.5. The molecule has 0 aliphatic heterocycles. The Labute approximate surface area is 307 Å². The Hall–Kier alpha value is -4.41. The summed E-state index contributed by atoms with van der Waals surface area (Å²) in [7, 11) is 0. The summed E-state index contributed by atoms with van der Waals surface area (Å²) in [6.07, 6.45) is 29.4. The van der Waals surface area contributed by atoms with Crippen molar-refractivity contribution in [2.75, 3.05) is 0 Å². The molecule has 3 unspecified atom stereocenters. The Balaban J connectivity index is 1.52. The van der Waals surface area contributed by atoms with Crippen molar-refractivity contribution in [2.24, 2.45) is 22.7 Å². The fraction of sp³-hybridized carbons (Fsp3) is 0.383. The molecule has 0 aromatic heterocycles. The number of hydrogen-bond donors (Lipinski definition) is 0. The van der Waals surface area contributed by atoms with Crippen LogP contribution in [0.15, 0.2) is 149 Å². The lowest BCUT2D eigenvalue weighted by Crippen LogP contribution is -2.43. The van der Waals surface area contributed by atoms with Crippen LogP contribution in [-0.4, -0.2) is 23.5 Å². The summed E-state index contributed by atoms with van der Waals surface area (Å²) < 4.78 is 6.08. The Morgan fingerprint density at radius 2 is 1.27 bits per heavy atom. The Morgan fingerprint density at radius 1 is 0.745 bits per heavy atom. The molecule has 4 nitrogen and oxygen atoms in total. The van der Waals surface area contributed by atoms with Gasteiger partial charge in [0.2, 0.25) is 5.78 Å². The van der Waals surface area contributed by atoms with E-state index in [1.807, 2.05) is 75.4 Å². The average Bonchev–Trinajstić information content (AvgIpc) is 3.06. The minimum atomic E-state index is -0.426. The Kier molecular flexibility index (Phi) is 15.1. The molecule has 0 amide bonds. The topological polar surface area (TPSA) is 60.4 Å². The molecule has 51 heavy (non-hydrogen) atoms. The van der Waals surface area contributed by atoms with Gasteiger partial charge in [-0.1, -0.05) is 172 Å². The molecule has 270 valence electrons. The van der Waals surface area contributed by atoms with Gasteiger partial charge in [0.25, 0.3) is 0 Å². The number of carbonyl (C=O) groups is 3. The average molecular weight is 687 g/mol. The third-order valence-corrected chi connectivity index (χ3v) is 9.88. The van der Waals surface area contributed by atoms with E-state index >= 15 is 0 Å². The fourth-order valence-electron chi connectivity index (χ4n) is 6.75. The molecule has 0 heterocycles. The van der Waals surface area contributed by atoms with Crippen molar-refractivity contribution in [2.45, 2.75) is 94.8 Å². The number of hydrogen-bond acceptors (Lipinski definition) is 4. The third-order valence-electron chi connectivity index (χ3n) is 9.88. The second kappa shape index (κ2) is 18.7. The molecule has 0 bridgehead atoms. The van der Waals surface area contributed by atoms with Crippen LogP contribution in [0.4, 0.5) is 0 Å². The van der Waals surface area contributed by atoms with Crippen LogP contribution in [-0.2, 0) is 25.7 Å². The van der Waals surface area contributed by atoms with Crippen LogP contribution in [0.5, 0.6) is 0 Å². The first-order valence-corrected chi connectivity index (χ1v) is 18.1. The van der Waals surface area contributed by atoms with Gasteiger partial charge in [0.15, 0.2) is 11.6 Å². The quantitative estimate of drug-likeness (QED) is 0.153. The van der Waals surface area contributed by atoms with Crippen LogP contribution >= 0.6 is 0 Å². The summed E-state index contributed by atoms with van der Waals surface area (Å²) in [6.45, 7) is 21.0. The van der Waals surface area contributed by atoms with Crippen LogP contribution in [0.25, 0.3) is 0 Å². The van der Waals surface area contributed by atoms with Crippen molar-refractivity contribution in [3.8, 4) is 0 Å². The highest BCUT2D eigenvalue weighted by molar-refractivity contribution is 6.38. The van der Waals surface area contributed by atoms with Gasteiger partial charge in [-0.15, -0.1) is 0 Å². The van der Waals surface area contributed by atoms with Crippen molar-refractivity contribution in [3.05, 3.63) is 154 Å². The van der Waals surface area contributed by atoms with Crippen molar-refractivity contribution < 1.29 is 19.1 Å². The van der Waals surface area contributed by atoms with E-state index in [2.05, 4.69) is 109 Å². The number of benzene rings is 1. The maximum absolute atomic E-state index is 13.2. The van der Waals surface area contributed by atoms with E-state index in [1.54, 1.807) is 0 Å². The molecule has 0 spiro atoms. The number of ether oxygens (including phenoxy) is 1. The zero-order valence-electron chi connectivity index (χ0n) is 32.5. The molecule has 2 aliphatic rings. The first kappa shape index (κ1) is 41.0. The van der Waals surface area contributed by atoms with Gasteiger partial charge in [-0.05, 0) is 74.5 Å². The molecule has 3 atom stereocenters. The van der Waals surface area contributed by atoms with Crippen LogP contribution in [0.1, 0.15) is 87.6 Å². The minimum Gasteiger partial charge on any atom is -0.365 e. The standard InChI is InChI=1S/C47H58O4/c1-33(20-16-22-35(3)26-28-40-37(5)44(49)42(48)30-46(40,7)8)18-14-15-19-34(2)21-17-23-36(4)27-29-41-38(6)45(50)43(31-47(41,9)10)51-32-39-24-12-11-13-25-39/h11-29,37,40,43H,30-32H2,1-10H3/b15-14+,20-16+,21-17+,28-26?,29-27?,33-18+,34-19+,35-22?,36-23+. The number of rotatable bonds is 13. The number of carbonyl (C=O) groups excluding carboxylic acids is 3. The molecule has 1 saturated carbocycles. The van der Waals surface area contributed by atoms with Crippen LogP contribution in [0.3, 0.4) is 0 Å². The molecule has 3 rings (SSSR count). The summed E-state index contributed by atoms with van der Waals surface area (Å²) in [5, 5.41) is 0. The van der Waals surface area contributed by atoms with Crippen molar-refractivity contribution in [1.82, 2.24) is 0 Å². The van der Waals surface area contributed by atoms with Crippen LogP contribution < -0.4 is 0 Å². The molecule has 0 N–H and O–H groups in total. The SMILES string of the molecule is CC(C=CC1C(C)C(=O)C(=O)CC1(C)C)=C/C=C/C(C)=C/C=C/C=C(C)/C=C/C=C(\C)C=CC1=C(C)C(=O)C(OCc2ccccc2)CC1(C)C. The van der Waals surface area contributed by atoms with E-state index in [9.17, 15) is 14.4 Å². The van der Waals surface area contributed by atoms with Crippen LogP contribution in [0, 0.1) is 22.7 Å². The summed E-state index contributed by atoms with van der Waals surface area (Å²) in [5.41, 5.74) is 6.97. The lowest BCUT2D eigenvalue weighted by Gasteiger charge is -2.39.